The summed E-state index contributed by atoms with van der Waals surface area (Å²) in [4.78, 5) is 23.4. The average Bonchev–Trinajstić information content (AvgIpc) is 2.49. The van der Waals surface area contributed by atoms with E-state index < -0.39 is 11.8 Å². The van der Waals surface area contributed by atoms with Gasteiger partial charge in [-0.1, -0.05) is 23.7 Å². The predicted octanol–water partition coefficient (Wildman–Crippen LogP) is 3.19. The second-order valence-electron chi connectivity index (χ2n) is 4.45. The summed E-state index contributed by atoms with van der Waals surface area (Å²) in [5.74, 6) is -1.71. The van der Waals surface area contributed by atoms with E-state index in [2.05, 4.69) is 5.32 Å². The minimum atomic E-state index is -1.26. The number of hydrogen-bond donors (Lipinski definition) is 3. The molecule has 2 aromatic carbocycles. The number of anilines is 2. The topological polar surface area (TPSA) is 92.4 Å². The first kappa shape index (κ1) is 15.6. The number of aliphatic carboxylic acids is 1. The van der Waals surface area contributed by atoms with Gasteiger partial charge in [-0.3, -0.25) is 4.79 Å². The minimum absolute atomic E-state index is 0.266. The maximum atomic E-state index is 12.1. The van der Waals surface area contributed by atoms with Crippen LogP contribution in [-0.4, -0.2) is 16.9 Å². The number of nitrogens with two attached hydrogens (primary N) is 1. The number of carboxylic acids is 1. The normalized spacial score (nSPS) is 11.0. The Labute approximate surface area is 132 Å². The van der Waals surface area contributed by atoms with Crippen LogP contribution >= 0.6 is 11.6 Å². The van der Waals surface area contributed by atoms with E-state index in [1.54, 1.807) is 36.4 Å². The Hall–Kier alpha value is -2.79. The van der Waals surface area contributed by atoms with Crippen LogP contribution in [0.15, 0.2) is 60.3 Å². The van der Waals surface area contributed by atoms with Gasteiger partial charge in [-0.2, -0.15) is 0 Å². The number of ketones is 1. The van der Waals surface area contributed by atoms with Gasteiger partial charge in [0.05, 0.1) is 11.4 Å². The Kier molecular flexibility index (Phi) is 4.80. The Balaban J connectivity index is 2.27. The number of carboxylic acid groups (broad SMARTS) is 1. The molecule has 2 aromatic rings. The van der Waals surface area contributed by atoms with Crippen LogP contribution in [0.25, 0.3) is 0 Å². The molecule has 0 atom stereocenters. The maximum Gasteiger partial charge on any atom is 0.352 e. The third kappa shape index (κ3) is 3.86. The van der Waals surface area contributed by atoms with E-state index in [4.69, 9.17) is 17.3 Å². The van der Waals surface area contributed by atoms with Gasteiger partial charge in [0, 0.05) is 16.7 Å². The summed E-state index contributed by atoms with van der Waals surface area (Å²) in [6.45, 7) is 0. The van der Waals surface area contributed by atoms with Gasteiger partial charge in [-0.05, 0) is 36.4 Å². The van der Waals surface area contributed by atoms with Crippen molar-refractivity contribution < 1.29 is 14.7 Å². The van der Waals surface area contributed by atoms with E-state index in [0.717, 1.165) is 6.08 Å². The highest BCUT2D eigenvalue weighted by molar-refractivity contribution is 6.30. The molecule has 0 spiro atoms. The fourth-order valence-electron chi connectivity index (χ4n) is 1.74. The number of nitrogen functional groups attached to an aromatic ring is 1. The smallest absolute Gasteiger partial charge is 0.352 e. The number of carbonyl (C=O) groups excluding carboxylic acids is 1. The van der Waals surface area contributed by atoms with Crippen molar-refractivity contribution in [2.45, 2.75) is 0 Å². The minimum Gasteiger partial charge on any atom is -0.477 e. The molecule has 5 nitrogen and oxygen atoms in total. The Morgan fingerprint density at radius 2 is 1.73 bits per heavy atom. The van der Waals surface area contributed by atoms with Crippen LogP contribution in [0.2, 0.25) is 5.02 Å². The van der Waals surface area contributed by atoms with Crippen LogP contribution < -0.4 is 11.1 Å². The van der Waals surface area contributed by atoms with Crippen molar-refractivity contribution in [3.05, 3.63) is 70.9 Å². The van der Waals surface area contributed by atoms with Gasteiger partial charge in [0.25, 0.3) is 0 Å². The van der Waals surface area contributed by atoms with E-state index >= 15 is 0 Å². The third-order valence-electron chi connectivity index (χ3n) is 2.86. The summed E-state index contributed by atoms with van der Waals surface area (Å²) in [6.07, 6.45) is 1.01. The second-order valence-corrected chi connectivity index (χ2v) is 4.88. The van der Waals surface area contributed by atoms with E-state index in [1.165, 1.54) is 12.1 Å². The molecular formula is C16H13ClN2O3. The zero-order valence-electron chi connectivity index (χ0n) is 11.4. The van der Waals surface area contributed by atoms with Crippen molar-refractivity contribution in [1.82, 2.24) is 0 Å². The molecule has 0 heterocycles. The van der Waals surface area contributed by atoms with Crippen LogP contribution in [0.3, 0.4) is 0 Å². The van der Waals surface area contributed by atoms with Crippen molar-refractivity contribution in [2.24, 2.45) is 0 Å². The van der Waals surface area contributed by atoms with E-state index in [9.17, 15) is 14.7 Å². The van der Waals surface area contributed by atoms with E-state index in [0.29, 0.717) is 22.0 Å². The number of halogens is 1. The second kappa shape index (κ2) is 6.78. The molecule has 0 fully saturated rings. The van der Waals surface area contributed by atoms with Gasteiger partial charge >= 0.3 is 5.97 Å². The Morgan fingerprint density at radius 1 is 1.09 bits per heavy atom. The lowest BCUT2D eigenvalue weighted by Crippen LogP contribution is -2.13. The number of rotatable bonds is 5. The fourth-order valence-corrected chi connectivity index (χ4v) is 1.86. The largest absolute Gasteiger partial charge is 0.477 e. The number of carbonyl (C=O) groups is 2. The SMILES string of the molecule is Nc1ccccc1NC(=CC(=O)c1ccc(Cl)cc1)C(=O)O. The molecule has 0 aliphatic carbocycles. The molecular weight excluding hydrogens is 304 g/mol. The molecule has 2 rings (SSSR count). The molecule has 22 heavy (non-hydrogen) atoms. The highest BCUT2D eigenvalue weighted by Crippen LogP contribution is 2.19. The molecule has 4 N–H and O–H groups in total. The van der Waals surface area contributed by atoms with Gasteiger partial charge in [0.2, 0.25) is 0 Å². The molecule has 0 bridgehead atoms. The predicted molar refractivity (Wildman–Crippen MR) is 86.0 cm³/mol. The standard InChI is InChI=1S/C16H13ClN2O3/c17-11-7-5-10(6-8-11)15(20)9-14(16(21)22)19-13-4-2-1-3-12(13)18/h1-9,19H,18H2,(H,21,22). The molecule has 0 aliphatic heterocycles. The molecule has 0 aromatic heterocycles. The lowest BCUT2D eigenvalue weighted by atomic mass is 10.1. The van der Waals surface area contributed by atoms with Crippen LogP contribution in [0.4, 0.5) is 11.4 Å². The highest BCUT2D eigenvalue weighted by Gasteiger charge is 2.12. The summed E-state index contributed by atoms with van der Waals surface area (Å²) in [6, 6.07) is 12.9. The summed E-state index contributed by atoms with van der Waals surface area (Å²) in [5.41, 5.74) is 6.62. The van der Waals surface area contributed by atoms with Crippen LogP contribution in [0.5, 0.6) is 0 Å². The average molecular weight is 317 g/mol. The molecule has 0 radical (unpaired) electrons. The van der Waals surface area contributed by atoms with Crippen molar-refractivity contribution in [3.63, 3.8) is 0 Å². The van der Waals surface area contributed by atoms with E-state index in [-0.39, 0.29) is 5.70 Å². The molecule has 0 aliphatic rings. The molecule has 6 heteroatoms. The summed E-state index contributed by atoms with van der Waals surface area (Å²) >= 11 is 5.75. The highest BCUT2D eigenvalue weighted by atomic mass is 35.5. The first-order valence-electron chi connectivity index (χ1n) is 6.34. The maximum absolute atomic E-state index is 12.1. The summed E-state index contributed by atoms with van der Waals surface area (Å²) in [7, 11) is 0. The van der Waals surface area contributed by atoms with Crippen LogP contribution in [0, 0.1) is 0 Å². The lowest BCUT2D eigenvalue weighted by Gasteiger charge is -2.09. The van der Waals surface area contributed by atoms with Crippen molar-refractivity contribution in [2.75, 3.05) is 11.1 Å². The van der Waals surface area contributed by atoms with Crippen LogP contribution in [-0.2, 0) is 4.79 Å². The van der Waals surface area contributed by atoms with Crippen molar-refractivity contribution in [1.29, 1.82) is 0 Å². The van der Waals surface area contributed by atoms with Gasteiger partial charge in [0.15, 0.2) is 5.78 Å². The molecule has 0 unspecified atom stereocenters. The first-order valence-corrected chi connectivity index (χ1v) is 6.71. The summed E-state index contributed by atoms with van der Waals surface area (Å²) in [5, 5.41) is 12.4. The number of para-hydroxylation sites is 2. The van der Waals surface area contributed by atoms with Crippen LogP contribution in [0.1, 0.15) is 10.4 Å². The summed E-state index contributed by atoms with van der Waals surface area (Å²) < 4.78 is 0. The van der Waals surface area contributed by atoms with Crippen molar-refractivity contribution in [3.8, 4) is 0 Å². The fraction of sp³-hybridized carbons (Fsp3) is 0. The molecule has 0 amide bonds. The van der Waals surface area contributed by atoms with E-state index in [1.807, 2.05) is 0 Å². The van der Waals surface area contributed by atoms with Gasteiger partial charge in [-0.25, -0.2) is 4.79 Å². The first-order chi connectivity index (χ1) is 10.5. The Bertz CT molecular complexity index is 739. The molecule has 0 saturated carbocycles. The third-order valence-corrected chi connectivity index (χ3v) is 3.12. The number of hydrogen-bond acceptors (Lipinski definition) is 4. The molecule has 112 valence electrons. The van der Waals surface area contributed by atoms with Gasteiger partial charge in [0.1, 0.15) is 5.70 Å². The van der Waals surface area contributed by atoms with Crippen molar-refractivity contribution >= 4 is 34.7 Å². The Morgan fingerprint density at radius 3 is 2.32 bits per heavy atom. The number of allylic oxidation sites excluding steroid dienone is 1. The van der Waals surface area contributed by atoms with Gasteiger partial charge in [-0.15, -0.1) is 0 Å². The number of nitrogens with one attached hydrogen (secondary N) is 1. The zero-order chi connectivity index (χ0) is 16.1. The van der Waals surface area contributed by atoms with Gasteiger partial charge < -0.3 is 16.2 Å². The molecule has 0 saturated heterocycles. The lowest BCUT2D eigenvalue weighted by molar-refractivity contribution is -0.132. The quantitative estimate of drug-likeness (QED) is 0.447. The monoisotopic (exact) mass is 316 g/mol. The zero-order valence-corrected chi connectivity index (χ0v) is 12.2. The number of benzene rings is 2.